The number of thioether (sulfide) groups is 1. The SMILES string of the molecule is CC1(C)CCN(C2(CN)CCC(C(F)(F)F)CC2)CCS1. The summed E-state index contributed by atoms with van der Waals surface area (Å²) in [6, 6.07) is 0. The van der Waals surface area contributed by atoms with Crippen molar-refractivity contribution in [2.24, 2.45) is 11.7 Å². The maximum absolute atomic E-state index is 12.9. The Bertz CT molecular complexity index is 349. The Hall–Kier alpha value is 0.0600. The highest BCUT2D eigenvalue weighted by atomic mass is 32.2. The highest BCUT2D eigenvalue weighted by Gasteiger charge is 2.47. The molecule has 0 bridgehead atoms. The van der Waals surface area contributed by atoms with Crippen LogP contribution in [-0.2, 0) is 0 Å². The van der Waals surface area contributed by atoms with Crippen LogP contribution in [0.4, 0.5) is 13.2 Å². The number of alkyl halides is 3. The van der Waals surface area contributed by atoms with Crippen LogP contribution in [0.15, 0.2) is 0 Å². The van der Waals surface area contributed by atoms with Crippen molar-refractivity contribution >= 4 is 11.8 Å². The molecule has 124 valence electrons. The maximum Gasteiger partial charge on any atom is 0.391 e. The highest BCUT2D eigenvalue weighted by molar-refractivity contribution is 8.00. The molecule has 0 aromatic heterocycles. The van der Waals surface area contributed by atoms with Crippen LogP contribution in [0.2, 0.25) is 0 Å². The van der Waals surface area contributed by atoms with Gasteiger partial charge < -0.3 is 5.73 Å². The van der Waals surface area contributed by atoms with E-state index in [1.807, 2.05) is 11.8 Å². The van der Waals surface area contributed by atoms with E-state index in [1.165, 1.54) is 0 Å². The Morgan fingerprint density at radius 2 is 1.76 bits per heavy atom. The average molecular weight is 324 g/mol. The van der Waals surface area contributed by atoms with E-state index < -0.39 is 12.1 Å². The number of nitrogens with zero attached hydrogens (tertiary/aromatic N) is 1. The lowest BCUT2D eigenvalue weighted by molar-refractivity contribution is -0.188. The van der Waals surface area contributed by atoms with Crippen molar-refractivity contribution in [1.82, 2.24) is 4.90 Å². The van der Waals surface area contributed by atoms with Gasteiger partial charge in [0.2, 0.25) is 0 Å². The Labute approximate surface area is 130 Å². The van der Waals surface area contributed by atoms with Crippen molar-refractivity contribution in [3.05, 3.63) is 0 Å². The predicted octanol–water partition coefficient (Wildman–Crippen LogP) is 3.65. The molecule has 2 N–H and O–H groups in total. The molecule has 1 saturated heterocycles. The van der Waals surface area contributed by atoms with E-state index in [0.717, 1.165) is 25.3 Å². The van der Waals surface area contributed by atoms with Crippen molar-refractivity contribution in [3.63, 3.8) is 0 Å². The van der Waals surface area contributed by atoms with Crippen molar-refractivity contribution < 1.29 is 13.2 Å². The van der Waals surface area contributed by atoms with E-state index >= 15 is 0 Å². The van der Waals surface area contributed by atoms with Gasteiger partial charge >= 0.3 is 6.18 Å². The lowest BCUT2D eigenvalue weighted by Crippen LogP contribution is -2.57. The lowest BCUT2D eigenvalue weighted by atomic mass is 9.75. The van der Waals surface area contributed by atoms with Crippen molar-refractivity contribution in [1.29, 1.82) is 0 Å². The maximum atomic E-state index is 12.9. The minimum Gasteiger partial charge on any atom is -0.329 e. The molecule has 0 atom stereocenters. The number of nitrogens with two attached hydrogens (primary N) is 1. The van der Waals surface area contributed by atoms with Gasteiger partial charge in [-0.3, -0.25) is 4.90 Å². The summed E-state index contributed by atoms with van der Waals surface area (Å²) in [7, 11) is 0. The van der Waals surface area contributed by atoms with E-state index in [-0.39, 0.29) is 23.1 Å². The highest BCUT2D eigenvalue weighted by Crippen LogP contribution is 2.44. The third-order valence-corrected chi connectivity index (χ3v) is 6.64. The van der Waals surface area contributed by atoms with Crippen LogP contribution in [0.25, 0.3) is 0 Å². The van der Waals surface area contributed by atoms with Crippen LogP contribution in [0.5, 0.6) is 0 Å². The average Bonchev–Trinajstić information content (AvgIpc) is 2.59. The van der Waals surface area contributed by atoms with E-state index in [0.29, 0.717) is 19.4 Å². The van der Waals surface area contributed by atoms with Crippen LogP contribution < -0.4 is 5.73 Å². The van der Waals surface area contributed by atoms with Crippen LogP contribution in [-0.4, -0.2) is 46.7 Å². The molecular formula is C15H27F3N2S. The van der Waals surface area contributed by atoms with Gasteiger partial charge in [0.25, 0.3) is 0 Å². The fourth-order valence-electron chi connectivity index (χ4n) is 3.63. The molecule has 21 heavy (non-hydrogen) atoms. The molecule has 1 saturated carbocycles. The van der Waals surface area contributed by atoms with Crippen LogP contribution in [0.1, 0.15) is 46.0 Å². The minimum absolute atomic E-state index is 0.206. The molecule has 0 radical (unpaired) electrons. The number of hydrogen-bond donors (Lipinski definition) is 1. The van der Waals surface area contributed by atoms with E-state index in [9.17, 15) is 13.2 Å². The summed E-state index contributed by atoms with van der Waals surface area (Å²) >= 11 is 1.96. The van der Waals surface area contributed by atoms with E-state index in [1.54, 1.807) is 0 Å². The molecule has 0 unspecified atom stereocenters. The number of hydrogen-bond acceptors (Lipinski definition) is 3. The topological polar surface area (TPSA) is 29.3 Å². The van der Waals surface area contributed by atoms with Crippen LogP contribution in [0.3, 0.4) is 0 Å². The zero-order chi connectivity index (χ0) is 15.7. The molecule has 1 heterocycles. The Kier molecular flexibility index (Phi) is 5.21. The quantitative estimate of drug-likeness (QED) is 0.840. The van der Waals surface area contributed by atoms with Crippen molar-refractivity contribution in [3.8, 4) is 0 Å². The zero-order valence-corrected chi connectivity index (χ0v) is 13.8. The smallest absolute Gasteiger partial charge is 0.329 e. The molecular weight excluding hydrogens is 297 g/mol. The molecule has 0 amide bonds. The van der Waals surface area contributed by atoms with E-state index in [2.05, 4.69) is 18.7 Å². The third-order valence-electron chi connectivity index (χ3n) is 5.27. The summed E-state index contributed by atoms with van der Waals surface area (Å²) in [5, 5.41) is 0. The summed E-state index contributed by atoms with van der Waals surface area (Å²) in [5.41, 5.74) is 5.81. The molecule has 1 aliphatic carbocycles. The fourth-order valence-corrected chi connectivity index (χ4v) is 4.73. The Morgan fingerprint density at radius 1 is 1.14 bits per heavy atom. The first-order valence-corrected chi connectivity index (χ1v) is 8.83. The monoisotopic (exact) mass is 324 g/mol. The molecule has 2 aliphatic rings. The second-order valence-corrected chi connectivity index (χ2v) is 8.89. The first kappa shape index (κ1) is 17.4. The Morgan fingerprint density at radius 3 is 2.29 bits per heavy atom. The minimum atomic E-state index is -4.04. The molecule has 2 nitrogen and oxygen atoms in total. The van der Waals surface area contributed by atoms with Crippen molar-refractivity contribution in [2.45, 2.75) is 62.4 Å². The Balaban J connectivity index is 2.03. The summed E-state index contributed by atoms with van der Waals surface area (Å²) in [4.78, 5) is 2.39. The van der Waals surface area contributed by atoms with Gasteiger partial charge in [-0.05, 0) is 32.1 Å². The summed E-state index contributed by atoms with van der Waals surface area (Å²) in [6.45, 7) is 6.87. The third kappa shape index (κ3) is 4.08. The second-order valence-electron chi connectivity index (χ2n) is 7.09. The summed E-state index contributed by atoms with van der Waals surface area (Å²) < 4.78 is 38.8. The largest absolute Gasteiger partial charge is 0.391 e. The molecule has 6 heteroatoms. The first-order chi connectivity index (χ1) is 9.69. The summed E-state index contributed by atoms with van der Waals surface area (Å²) in [6.07, 6.45) is -1.35. The number of halogens is 3. The van der Waals surface area contributed by atoms with Gasteiger partial charge in [0.05, 0.1) is 5.92 Å². The van der Waals surface area contributed by atoms with Crippen LogP contribution in [0, 0.1) is 5.92 Å². The van der Waals surface area contributed by atoms with Gasteiger partial charge in [-0.25, -0.2) is 0 Å². The van der Waals surface area contributed by atoms with E-state index in [4.69, 9.17) is 5.73 Å². The van der Waals surface area contributed by atoms with Gasteiger partial charge in [0.1, 0.15) is 0 Å². The molecule has 2 fully saturated rings. The van der Waals surface area contributed by atoms with Gasteiger partial charge in [-0.15, -0.1) is 0 Å². The normalized spacial score (nSPS) is 35.4. The number of rotatable bonds is 2. The molecule has 1 aliphatic heterocycles. The molecule has 0 spiro atoms. The van der Waals surface area contributed by atoms with Crippen molar-refractivity contribution in [2.75, 3.05) is 25.4 Å². The zero-order valence-electron chi connectivity index (χ0n) is 13.0. The van der Waals surface area contributed by atoms with Crippen LogP contribution >= 0.6 is 11.8 Å². The molecule has 2 rings (SSSR count). The lowest BCUT2D eigenvalue weighted by Gasteiger charge is -2.47. The fraction of sp³-hybridized carbons (Fsp3) is 1.00. The second kappa shape index (κ2) is 6.28. The van der Waals surface area contributed by atoms with Gasteiger partial charge in [-0.1, -0.05) is 13.8 Å². The molecule has 0 aromatic carbocycles. The first-order valence-electron chi connectivity index (χ1n) is 7.84. The predicted molar refractivity (Wildman–Crippen MR) is 82.5 cm³/mol. The van der Waals surface area contributed by atoms with Gasteiger partial charge in [0.15, 0.2) is 0 Å². The molecule has 0 aromatic rings. The van der Waals surface area contributed by atoms with Gasteiger partial charge in [-0.2, -0.15) is 24.9 Å². The standard InChI is InChI=1S/C15H27F3N2S/c1-13(2)7-8-20(9-10-21-13)14(11-19)5-3-12(4-6-14)15(16,17)18/h12H,3-11,19H2,1-2H3. The van der Waals surface area contributed by atoms with Gasteiger partial charge in [0, 0.05) is 35.7 Å². The summed E-state index contributed by atoms with van der Waals surface area (Å²) in [5.74, 6) is -0.0905.